The summed E-state index contributed by atoms with van der Waals surface area (Å²) in [6, 6.07) is -0.443. The van der Waals surface area contributed by atoms with Crippen LogP contribution in [0.25, 0.3) is 0 Å². The number of carboxylic acid groups (broad SMARTS) is 1. The van der Waals surface area contributed by atoms with Gasteiger partial charge >= 0.3 is 12.1 Å². The first-order valence-corrected chi connectivity index (χ1v) is 6.68. The van der Waals surface area contributed by atoms with E-state index in [4.69, 9.17) is 5.11 Å². The van der Waals surface area contributed by atoms with Gasteiger partial charge in [0.2, 0.25) is 5.91 Å². The summed E-state index contributed by atoms with van der Waals surface area (Å²) in [6.45, 7) is 1.92. The Balaban J connectivity index is 2.65. The summed E-state index contributed by atoms with van der Waals surface area (Å²) in [4.78, 5) is 23.4. The summed E-state index contributed by atoms with van der Waals surface area (Å²) in [5.74, 6) is -2.00. The third-order valence-corrected chi connectivity index (χ3v) is 3.51. The highest BCUT2D eigenvalue weighted by molar-refractivity contribution is 5.77. The van der Waals surface area contributed by atoms with Gasteiger partial charge in [-0.2, -0.15) is 13.2 Å². The normalized spacial score (nSPS) is 18.4. The maximum Gasteiger partial charge on any atom is 0.406 e. The molecule has 1 N–H and O–H groups in total. The zero-order valence-corrected chi connectivity index (χ0v) is 11.6. The molecular formula is C13H20F3NO3. The van der Waals surface area contributed by atoms with Crippen molar-refractivity contribution in [3.63, 3.8) is 0 Å². The maximum absolute atomic E-state index is 12.6. The number of nitrogens with zero attached hydrogens (tertiary/aromatic N) is 1. The number of halogens is 3. The van der Waals surface area contributed by atoms with Crippen molar-refractivity contribution in [2.75, 3.05) is 6.54 Å². The maximum atomic E-state index is 12.6. The molecule has 0 aliphatic heterocycles. The molecule has 4 nitrogen and oxygen atoms in total. The second kappa shape index (κ2) is 6.45. The Bertz CT molecular complexity index is 366. The van der Waals surface area contributed by atoms with Gasteiger partial charge in [0.25, 0.3) is 0 Å². The molecule has 1 amide bonds. The highest BCUT2D eigenvalue weighted by Gasteiger charge is 2.40. The predicted octanol–water partition coefficient (Wildman–Crippen LogP) is 2.68. The number of hydrogen-bond donors (Lipinski definition) is 1. The summed E-state index contributed by atoms with van der Waals surface area (Å²) < 4.78 is 37.7. The number of aliphatic carboxylic acids is 1. The van der Waals surface area contributed by atoms with Gasteiger partial charge in [0.15, 0.2) is 0 Å². The van der Waals surface area contributed by atoms with Crippen molar-refractivity contribution in [3.8, 4) is 0 Å². The third-order valence-electron chi connectivity index (χ3n) is 3.51. The van der Waals surface area contributed by atoms with E-state index in [1.807, 2.05) is 0 Å². The Kier molecular flexibility index (Phi) is 5.42. The Labute approximate surface area is 115 Å². The van der Waals surface area contributed by atoms with E-state index in [2.05, 4.69) is 0 Å². The topological polar surface area (TPSA) is 57.6 Å². The van der Waals surface area contributed by atoms with Crippen molar-refractivity contribution in [3.05, 3.63) is 0 Å². The molecular weight excluding hydrogens is 275 g/mol. The molecule has 7 heteroatoms. The minimum Gasteiger partial charge on any atom is -0.481 e. The zero-order chi connectivity index (χ0) is 15.5. The van der Waals surface area contributed by atoms with Crippen molar-refractivity contribution in [1.82, 2.24) is 4.90 Å². The van der Waals surface area contributed by atoms with Gasteiger partial charge in [-0.15, -0.1) is 0 Å². The number of amides is 1. The van der Waals surface area contributed by atoms with Gasteiger partial charge in [0.05, 0.1) is 0 Å². The molecule has 0 saturated heterocycles. The van der Waals surface area contributed by atoms with Gasteiger partial charge < -0.3 is 10.0 Å². The summed E-state index contributed by atoms with van der Waals surface area (Å²) in [7, 11) is 0. The molecule has 0 radical (unpaired) electrons. The standard InChI is InChI=1S/C13H20F3NO3/c1-8(6-12(19)20)5-11(18)17(7-13(14,15)16)9(2)10-3-4-10/h8-10H,3-7H2,1-2H3,(H,19,20). The zero-order valence-electron chi connectivity index (χ0n) is 11.6. The van der Waals surface area contributed by atoms with Gasteiger partial charge in [-0.05, 0) is 31.6 Å². The molecule has 20 heavy (non-hydrogen) atoms. The van der Waals surface area contributed by atoms with E-state index in [9.17, 15) is 22.8 Å². The first-order chi connectivity index (χ1) is 9.10. The van der Waals surface area contributed by atoms with Crippen LogP contribution in [-0.2, 0) is 9.59 Å². The van der Waals surface area contributed by atoms with E-state index in [-0.39, 0.29) is 18.8 Å². The molecule has 1 rings (SSSR count). The highest BCUT2D eigenvalue weighted by Crippen LogP contribution is 2.36. The molecule has 1 aliphatic rings. The first kappa shape index (κ1) is 16.8. The first-order valence-electron chi connectivity index (χ1n) is 6.68. The quantitative estimate of drug-likeness (QED) is 0.785. The van der Waals surface area contributed by atoms with Crippen molar-refractivity contribution in [2.24, 2.45) is 11.8 Å². The minimum atomic E-state index is -4.44. The molecule has 1 fully saturated rings. The number of rotatable bonds is 7. The second-order valence-electron chi connectivity index (χ2n) is 5.62. The average Bonchev–Trinajstić information content (AvgIpc) is 3.05. The van der Waals surface area contributed by atoms with Crippen molar-refractivity contribution in [1.29, 1.82) is 0 Å². The van der Waals surface area contributed by atoms with Crippen LogP contribution in [0.5, 0.6) is 0 Å². The van der Waals surface area contributed by atoms with E-state index in [1.54, 1.807) is 13.8 Å². The number of hydrogen-bond acceptors (Lipinski definition) is 2. The van der Waals surface area contributed by atoms with Gasteiger partial charge in [-0.1, -0.05) is 6.92 Å². The van der Waals surface area contributed by atoms with Crippen LogP contribution in [0.3, 0.4) is 0 Å². The summed E-state index contributed by atoms with van der Waals surface area (Å²) >= 11 is 0. The molecule has 0 spiro atoms. The summed E-state index contributed by atoms with van der Waals surface area (Å²) in [6.07, 6.45) is -3.14. The lowest BCUT2D eigenvalue weighted by atomic mass is 10.0. The molecule has 116 valence electrons. The van der Waals surface area contributed by atoms with E-state index in [0.717, 1.165) is 17.7 Å². The highest BCUT2D eigenvalue weighted by atomic mass is 19.4. The average molecular weight is 295 g/mol. The Morgan fingerprint density at radius 3 is 2.20 bits per heavy atom. The van der Waals surface area contributed by atoms with Crippen molar-refractivity contribution >= 4 is 11.9 Å². The second-order valence-corrected chi connectivity index (χ2v) is 5.62. The predicted molar refractivity (Wildman–Crippen MR) is 66.0 cm³/mol. The van der Waals surface area contributed by atoms with E-state index in [0.29, 0.717) is 0 Å². The molecule has 0 aromatic rings. The fraction of sp³-hybridized carbons (Fsp3) is 0.846. The minimum absolute atomic E-state index is 0.135. The van der Waals surface area contributed by atoms with Gasteiger partial charge in [0, 0.05) is 18.9 Å². The Morgan fingerprint density at radius 2 is 1.80 bits per heavy atom. The van der Waals surface area contributed by atoms with Crippen LogP contribution in [0.15, 0.2) is 0 Å². The van der Waals surface area contributed by atoms with E-state index in [1.165, 1.54) is 0 Å². The van der Waals surface area contributed by atoms with Crippen LogP contribution in [0.1, 0.15) is 39.5 Å². The molecule has 1 aliphatic carbocycles. The van der Waals surface area contributed by atoms with Crippen LogP contribution in [0, 0.1) is 11.8 Å². The molecule has 0 heterocycles. The lowest BCUT2D eigenvalue weighted by Crippen LogP contribution is -2.45. The summed E-state index contributed by atoms with van der Waals surface area (Å²) in [5.41, 5.74) is 0. The van der Waals surface area contributed by atoms with Crippen LogP contribution in [0.2, 0.25) is 0 Å². The van der Waals surface area contributed by atoms with Gasteiger partial charge in [-0.3, -0.25) is 9.59 Å². The Morgan fingerprint density at radius 1 is 1.25 bits per heavy atom. The van der Waals surface area contributed by atoms with Crippen LogP contribution >= 0.6 is 0 Å². The van der Waals surface area contributed by atoms with E-state index >= 15 is 0 Å². The van der Waals surface area contributed by atoms with Crippen LogP contribution < -0.4 is 0 Å². The third kappa shape index (κ3) is 5.79. The number of carbonyl (C=O) groups excluding carboxylic acids is 1. The molecule has 2 atom stereocenters. The van der Waals surface area contributed by atoms with Crippen LogP contribution in [-0.4, -0.2) is 40.6 Å². The fourth-order valence-corrected chi connectivity index (χ4v) is 2.27. The van der Waals surface area contributed by atoms with Gasteiger partial charge in [0.1, 0.15) is 6.54 Å². The monoisotopic (exact) mass is 295 g/mol. The largest absolute Gasteiger partial charge is 0.481 e. The van der Waals surface area contributed by atoms with Crippen molar-refractivity contribution in [2.45, 2.75) is 51.7 Å². The number of alkyl halides is 3. The molecule has 1 saturated carbocycles. The summed E-state index contributed by atoms with van der Waals surface area (Å²) in [5, 5.41) is 8.62. The molecule has 0 aromatic heterocycles. The smallest absolute Gasteiger partial charge is 0.406 e. The fourth-order valence-electron chi connectivity index (χ4n) is 2.27. The molecule has 0 aromatic carbocycles. The Hall–Kier alpha value is -1.27. The molecule has 2 unspecified atom stereocenters. The lowest BCUT2D eigenvalue weighted by Gasteiger charge is -2.31. The van der Waals surface area contributed by atoms with Crippen molar-refractivity contribution < 1.29 is 27.9 Å². The van der Waals surface area contributed by atoms with E-state index < -0.39 is 36.6 Å². The lowest BCUT2D eigenvalue weighted by molar-refractivity contribution is -0.166. The van der Waals surface area contributed by atoms with Crippen LogP contribution in [0.4, 0.5) is 13.2 Å². The number of carbonyl (C=O) groups is 2. The molecule has 0 bridgehead atoms. The SMILES string of the molecule is CC(CC(=O)O)CC(=O)N(CC(F)(F)F)C(C)C1CC1. The number of carboxylic acids is 1. The van der Waals surface area contributed by atoms with Gasteiger partial charge in [-0.25, -0.2) is 0 Å².